The third-order valence-corrected chi connectivity index (χ3v) is 2.21. The molecule has 0 bridgehead atoms. The summed E-state index contributed by atoms with van der Waals surface area (Å²) in [7, 11) is 1.75. The van der Waals surface area contributed by atoms with Crippen molar-refractivity contribution in [2.75, 3.05) is 7.05 Å². The Morgan fingerprint density at radius 1 is 1.38 bits per heavy atom. The fourth-order valence-corrected chi connectivity index (χ4v) is 1.48. The average Bonchev–Trinajstić information content (AvgIpc) is 2.71. The highest BCUT2D eigenvalue weighted by Crippen LogP contribution is 2.27. The Morgan fingerprint density at radius 2 is 2.19 bits per heavy atom. The molecule has 84 valence electrons. The van der Waals surface area contributed by atoms with Gasteiger partial charge in [0.2, 0.25) is 0 Å². The lowest BCUT2D eigenvalue weighted by molar-refractivity contribution is 0.426. The summed E-state index contributed by atoms with van der Waals surface area (Å²) in [5, 5.41) is 6.48. The highest BCUT2D eigenvalue weighted by molar-refractivity contribution is 5.61. The van der Waals surface area contributed by atoms with Gasteiger partial charge in [0, 0.05) is 12.1 Å². The number of nitrogens with one attached hydrogen (secondary N) is 1. The molecule has 0 saturated heterocycles. The summed E-state index contributed by atoms with van der Waals surface area (Å²) in [6.45, 7) is 0.481. The molecule has 0 saturated carbocycles. The second-order valence-corrected chi connectivity index (χ2v) is 3.31. The first-order chi connectivity index (χ1) is 7.74. The van der Waals surface area contributed by atoms with E-state index in [0.29, 0.717) is 12.1 Å². The van der Waals surface area contributed by atoms with Crippen LogP contribution in [0.4, 0.5) is 8.78 Å². The van der Waals surface area contributed by atoms with Gasteiger partial charge in [0.15, 0.2) is 17.4 Å². The predicted molar refractivity (Wildman–Crippen MR) is 54.6 cm³/mol. The zero-order chi connectivity index (χ0) is 11.5. The molecule has 0 radical (unpaired) electrons. The Balaban J connectivity index is 2.50. The van der Waals surface area contributed by atoms with Gasteiger partial charge in [-0.15, -0.1) is 0 Å². The Hall–Kier alpha value is -1.75. The van der Waals surface area contributed by atoms with E-state index in [9.17, 15) is 8.78 Å². The molecule has 0 fully saturated rings. The van der Waals surface area contributed by atoms with E-state index in [1.54, 1.807) is 7.05 Å². The van der Waals surface area contributed by atoms with Crippen LogP contribution in [0.5, 0.6) is 0 Å². The van der Waals surface area contributed by atoms with Gasteiger partial charge in [0.1, 0.15) is 0 Å². The summed E-state index contributed by atoms with van der Waals surface area (Å²) in [5.41, 5.74) is 0.773. The van der Waals surface area contributed by atoms with Crippen molar-refractivity contribution in [1.29, 1.82) is 0 Å². The van der Waals surface area contributed by atoms with E-state index < -0.39 is 11.6 Å². The molecule has 2 aromatic rings. The minimum atomic E-state index is -0.920. The molecule has 2 rings (SSSR count). The summed E-state index contributed by atoms with van der Waals surface area (Å²) in [6, 6.07) is 3.95. The second kappa shape index (κ2) is 4.40. The maximum atomic E-state index is 13.5. The largest absolute Gasteiger partial charge is 0.356 e. The smallest absolute Gasteiger partial charge is 0.174 e. The van der Waals surface area contributed by atoms with Crippen molar-refractivity contribution in [1.82, 2.24) is 10.5 Å². The van der Waals surface area contributed by atoms with Crippen LogP contribution in [-0.4, -0.2) is 12.2 Å². The van der Waals surface area contributed by atoms with Gasteiger partial charge in [0.25, 0.3) is 0 Å². The van der Waals surface area contributed by atoms with Crippen molar-refractivity contribution in [2.45, 2.75) is 6.54 Å². The van der Waals surface area contributed by atoms with Crippen LogP contribution in [-0.2, 0) is 6.54 Å². The van der Waals surface area contributed by atoms with Gasteiger partial charge in [-0.3, -0.25) is 0 Å². The molecule has 0 unspecified atom stereocenters. The van der Waals surface area contributed by atoms with Gasteiger partial charge in [-0.25, -0.2) is 8.78 Å². The van der Waals surface area contributed by atoms with Crippen LogP contribution in [0.15, 0.2) is 28.9 Å². The number of benzene rings is 1. The molecule has 16 heavy (non-hydrogen) atoms. The fourth-order valence-electron chi connectivity index (χ4n) is 1.48. The number of aromatic nitrogens is 1. The number of hydrogen-bond acceptors (Lipinski definition) is 3. The van der Waals surface area contributed by atoms with Crippen molar-refractivity contribution < 1.29 is 13.3 Å². The van der Waals surface area contributed by atoms with Gasteiger partial charge < -0.3 is 9.84 Å². The number of rotatable bonds is 3. The standard InChI is InChI=1S/C11H10F2N2O/c1-14-5-7-6-15-16-11(7)8-3-2-4-9(12)10(8)13/h2-4,6,14H,5H2,1H3. The van der Waals surface area contributed by atoms with E-state index in [1.165, 1.54) is 18.3 Å². The van der Waals surface area contributed by atoms with Crippen LogP contribution in [0.1, 0.15) is 5.56 Å². The van der Waals surface area contributed by atoms with Crippen LogP contribution < -0.4 is 5.32 Å². The molecule has 3 nitrogen and oxygen atoms in total. The Morgan fingerprint density at radius 3 is 2.94 bits per heavy atom. The van der Waals surface area contributed by atoms with E-state index in [0.717, 1.165) is 6.07 Å². The number of nitrogens with zero attached hydrogens (tertiary/aromatic N) is 1. The Bertz CT molecular complexity index is 496. The van der Waals surface area contributed by atoms with Gasteiger partial charge in [-0.05, 0) is 19.2 Å². The van der Waals surface area contributed by atoms with Gasteiger partial charge in [-0.2, -0.15) is 0 Å². The summed E-state index contributed by atoms with van der Waals surface area (Å²) >= 11 is 0. The Labute approximate surface area is 91.1 Å². The van der Waals surface area contributed by atoms with Crippen LogP contribution >= 0.6 is 0 Å². The molecule has 0 aliphatic carbocycles. The third kappa shape index (κ3) is 1.81. The van der Waals surface area contributed by atoms with Crippen LogP contribution in [0.3, 0.4) is 0 Å². The molecule has 1 N–H and O–H groups in total. The van der Waals surface area contributed by atoms with E-state index in [2.05, 4.69) is 10.5 Å². The highest BCUT2D eigenvalue weighted by Gasteiger charge is 2.16. The fraction of sp³-hybridized carbons (Fsp3) is 0.182. The van der Waals surface area contributed by atoms with Crippen LogP contribution in [0.25, 0.3) is 11.3 Å². The van der Waals surface area contributed by atoms with Crippen molar-refractivity contribution in [3.8, 4) is 11.3 Å². The minimum absolute atomic E-state index is 0.0859. The van der Waals surface area contributed by atoms with Gasteiger partial charge >= 0.3 is 0 Å². The van der Waals surface area contributed by atoms with Crippen molar-refractivity contribution in [3.05, 3.63) is 41.6 Å². The monoisotopic (exact) mass is 224 g/mol. The summed E-state index contributed by atoms with van der Waals surface area (Å²) in [5.74, 6) is -1.56. The zero-order valence-corrected chi connectivity index (χ0v) is 8.63. The molecule has 0 atom stereocenters. The summed E-state index contributed by atoms with van der Waals surface area (Å²) in [6.07, 6.45) is 1.48. The normalized spacial score (nSPS) is 10.7. The molecule has 1 heterocycles. The van der Waals surface area contributed by atoms with Gasteiger partial charge in [-0.1, -0.05) is 11.2 Å². The molecular formula is C11H10F2N2O. The van der Waals surface area contributed by atoms with Crippen molar-refractivity contribution in [3.63, 3.8) is 0 Å². The van der Waals surface area contributed by atoms with Crippen LogP contribution in [0, 0.1) is 11.6 Å². The molecule has 0 aliphatic rings. The lowest BCUT2D eigenvalue weighted by Gasteiger charge is -2.02. The molecule has 0 aliphatic heterocycles. The lowest BCUT2D eigenvalue weighted by atomic mass is 10.1. The maximum Gasteiger partial charge on any atom is 0.174 e. The first-order valence-corrected chi connectivity index (χ1v) is 4.76. The van der Waals surface area contributed by atoms with E-state index in [-0.39, 0.29) is 11.3 Å². The minimum Gasteiger partial charge on any atom is -0.356 e. The average molecular weight is 224 g/mol. The highest BCUT2D eigenvalue weighted by atomic mass is 19.2. The molecule has 1 aromatic heterocycles. The van der Waals surface area contributed by atoms with Crippen molar-refractivity contribution >= 4 is 0 Å². The first kappa shape index (κ1) is 10.8. The quantitative estimate of drug-likeness (QED) is 0.869. The maximum absolute atomic E-state index is 13.5. The van der Waals surface area contributed by atoms with Crippen molar-refractivity contribution in [2.24, 2.45) is 0 Å². The molecule has 5 heteroatoms. The predicted octanol–water partition coefficient (Wildman–Crippen LogP) is 2.34. The second-order valence-electron chi connectivity index (χ2n) is 3.31. The topological polar surface area (TPSA) is 38.1 Å². The number of halogens is 2. The van der Waals surface area contributed by atoms with E-state index in [4.69, 9.17) is 4.52 Å². The Kier molecular flexibility index (Phi) is 2.96. The SMILES string of the molecule is CNCc1cnoc1-c1cccc(F)c1F. The lowest BCUT2D eigenvalue weighted by Crippen LogP contribution is -2.05. The summed E-state index contributed by atoms with van der Waals surface area (Å²) < 4.78 is 31.5. The molecule has 1 aromatic carbocycles. The van der Waals surface area contributed by atoms with Gasteiger partial charge in [0.05, 0.1) is 11.8 Å². The third-order valence-electron chi connectivity index (χ3n) is 2.21. The van der Waals surface area contributed by atoms with E-state index in [1.807, 2.05) is 0 Å². The zero-order valence-electron chi connectivity index (χ0n) is 8.63. The molecule has 0 amide bonds. The van der Waals surface area contributed by atoms with Crippen LogP contribution in [0.2, 0.25) is 0 Å². The first-order valence-electron chi connectivity index (χ1n) is 4.76. The number of hydrogen-bond donors (Lipinski definition) is 1. The molecular weight excluding hydrogens is 214 g/mol. The summed E-state index contributed by atoms with van der Waals surface area (Å²) in [4.78, 5) is 0. The molecule has 0 spiro atoms. The van der Waals surface area contributed by atoms with E-state index >= 15 is 0 Å².